The molecule has 1 N–H and O–H groups in total. The number of aryl methyl sites for hydroxylation is 1. The predicted octanol–water partition coefficient (Wildman–Crippen LogP) is 5.00. The zero-order chi connectivity index (χ0) is 18.1. The molecular formula is C22H27NO2S. The summed E-state index contributed by atoms with van der Waals surface area (Å²) in [5, 5.41) is 10.0. The molecule has 0 bridgehead atoms. The van der Waals surface area contributed by atoms with Gasteiger partial charge in [0.25, 0.3) is 0 Å². The minimum atomic E-state index is -0.189. The second-order valence-corrected chi connectivity index (χ2v) is 9.36. The lowest BCUT2D eigenvalue weighted by Crippen LogP contribution is -2.32. The third kappa shape index (κ3) is 3.64. The van der Waals surface area contributed by atoms with Crippen LogP contribution in [0.5, 0.6) is 5.75 Å². The van der Waals surface area contributed by atoms with E-state index in [9.17, 15) is 5.11 Å². The third-order valence-corrected chi connectivity index (χ3v) is 6.59. The molecular weight excluding hydrogens is 342 g/mol. The molecule has 1 fully saturated rings. The van der Waals surface area contributed by atoms with Crippen LogP contribution in [0.1, 0.15) is 50.3 Å². The van der Waals surface area contributed by atoms with E-state index in [-0.39, 0.29) is 11.7 Å². The number of thioether (sulfide) groups is 1. The van der Waals surface area contributed by atoms with E-state index in [2.05, 4.69) is 67.3 Å². The second kappa shape index (κ2) is 7.26. The molecule has 4 heteroatoms. The van der Waals surface area contributed by atoms with Crippen molar-refractivity contribution in [1.29, 1.82) is 0 Å². The molecule has 2 aliphatic rings. The number of benzene rings is 2. The molecule has 0 aliphatic carbocycles. The lowest BCUT2D eigenvalue weighted by Gasteiger charge is -2.28. The highest BCUT2D eigenvalue weighted by Crippen LogP contribution is 2.49. The van der Waals surface area contributed by atoms with Gasteiger partial charge in [-0.1, -0.05) is 48.2 Å². The molecule has 2 heterocycles. The zero-order valence-electron chi connectivity index (χ0n) is 15.5. The van der Waals surface area contributed by atoms with E-state index in [1.807, 2.05) is 0 Å². The Morgan fingerprint density at radius 3 is 2.73 bits per heavy atom. The number of ether oxygens (including phenoxy) is 1. The van der Waals surface area contributed by atoms with Crippen LogP contribution in [0.2, 0.25) is 0 Å². The normalized spacial score (nSPS) is 24.4. The summed E-state index contributed by atoms with van der Waals surface area (Å²) in [5.74, 6) is 0.984. The molecule has 2 aromatic carbocycles. The summed E-state index contributed by atoms with van der Waals surface area (Å²) in [4.78, 5) is 3.31. The summed E-state index contributed by atoms with van der Waals surface area (Å²) >= 11 is 1.78. The summed E-state index contributed by atoms with van der Waals surface area (Å²) in [5.41, 5.74) is 2.68. The fourth-order valence-electron chi connectivity index (χ4n) is 4.24. The van der Waals surface area contributed by atoms with Gasteiger partial charge < -0.3 is 9.84 Å². The largest absolute Gasteiger partial charge is 0.476 e. The molecule has 2 unspecified atom stereocenters. The van der Waals surface area contributed by atoms with Crippen molar-refractivity contribution in [2.45, 2.75) is 61.4 Å². The number of aliphatic hydroxyl groups excluding tert-OH is 1. The highest BCUT2D eigenvalue weighted by molar-refractivity contribution is 8.00. The van der Waals surface area contributed by atoms with Crippen molar-refractivity contribution in [3.05, 3.63) is 59.7 Å². The number of nitrogens with zero attached hydrogens (tertiary/aromatic N) is 1. The van der Waals surface area contributed by atoms with Crippen LogP contribution in [0.4, 0.5) is 0 Å². The maximum absolute atomic E-state index is 10.0. The molecule has 0 spiro atoms. The third-order valence-electron chi connectivity index (χ3n) is 5.48. The van der Waals surface area contributed by atoms with Gasteiger partial charge in [0, 0.05) is 12.1 Å². The predicted molar refractivity (Wildman–Crippen MR) is 106 cm³/mol. The van der Waals surface area contributed by atoms with Gasteiger partial charge in [0.15, 0.2) is 4.93 Å². The Balaban J connectivity index is 1.46. The number of aliphatic hydroxyl groups is 1. The maximum atomic E-state index is 10.0. The van der Waals surface area contributed by atoms with E-state index in [0.717, 1.165) is 31.4 Å². The number of rotatable bonds is 5. The molecule has 1 saturated heterocycles. The summed E-state index contributed by atoms with van der Waals surface area (Å²) in [7, 11) is 0. The minimum absolute atomic E-state index is 0.121. The number of hydrogen-bond donors (Lipinski definition) is 1. The quantitative estimate of drug-likeness (QED) is 0.804. The average molecular weight is 370 g/mol. The highest BCUT2D eigenvalue weighted by Gasteiger charge is 2.36. The van der Waals surface area contributed by atoms with Crippen LogP contribution in [0.3, 0.4) is 0 Å². The van der Waals surface area contributed by atoms with Crippen LogP contribution in [0.25, 0.3) is 0 Å². The van der Waals surface area contributed by atoms with Crippen LogP contribution in [-0.4, -0.2) is 27.7 Å². The summed E-state index contributed by atoms with van der Waals surface area (Å²) in [6.45, 7) is 4.33. The van der Waals surface area contributed by atoms with Crippen molar-refractivity contribution in [3.63, 3.8) is 0 Å². The van der Waals surface area contributed by atoms with Gasteiger partial charge in [-0.05, 0) is 62.8 Å². The van der Waals surface area contributed by atoms with Gasteiger partial charge in [-0.25, -0.2) is 0 Å². The first kappa shape index (κ1) is 17.9. The minimum Gasteiger partial charge on any atom is -0.476 e. The average Bonchev–Trinajstić information content (AvgIpc) is 3.18. The Morgan fingerprint density at radius 2 is 1.96 bits per heavy atom. The molecule has 0 radical (unpaired) electrons. The summed E-state index contributed by atoms with van der Waals surface area (Å²) in [6.07, 6.45) is 4.41. The number of hydrogen-bond acceptors (Lipinski definition) is 4. The Hall–Kier alpha value is -1.49. The molecule has 2 aromatic rings. The van der Waals surface area contributed by atoms with E-state index in [0.29, 0.717) is 12.1 Å². The monoisotopic (exact) mass is 369 g/mol. The van der Waals surface area contributed by atoms with E-state index >= 15 is 0 Å². The van der Waals surface area contributed by atoms with E-state index in [1.165, 1.54) is 16.0 Å². The molecule has 0 saturated carbocycles. The molecule has 0 aromatic heterocycles. The Kier molecular flexibility index (Phi) is 5.00. The molecule has 138 valence electrons. The van der Waals surface area contributed by atoms with Crippen LogP contribution < -0.4 is 4.74 Å². The van der Waals surface area contributed by atoms with Crippen LogP contribution in [0.15, 0.2) is 53.4 Å². The van der Waals surface area contributed by atoms with Gasteiger partial charge >= 0.3 is 0 Å². The van der Waals surface area contributed by atoms with E-state index < -0.39 is 0 Å². The lowest BCUT2D eigenvalue weighted by molar-refractivity contribution is 0.0596. The van der Waals surface area contributed by atoms with Gasteiger partial charge in [0.2, 0.25) is 0 Å². The second-order valence-electron chi connectivity index (χ2n) is 7.74. The van der Waals surface area contributed by atoms with Gasteiger partial charge in [-0.2, -0.15) is 0 Å². The van der Waals surface area contributed by atoms with Crippen molar-refractivity contribution < 1.29 is 9.84 Å². The first-order valence-electron chi connectivity index (χ1n) is 9.48. The summed E-state index contributed by atoms with van der Waals surface area (Å²) < 4.78 is 5.97. The summed E-state index contributed by atoms with van der Waals surface area (Å²) in [6, 6.07) is 17.9. The molecule has 2 atom stereocenters. The molecule has 0 amide bonds. The standard InChI is InChI=1S/C22H27NO2S/c1-22(2)25-20-13-9-17(14-21(20)26-22)19-12-11-18(23(19)15-24)10-8-16-6-4-3-5-7-16/h3-7,9,13-14,18-19,24H,8,10-12,15H2,1-2H3. The molecule has 2 aliphatic heterocycles. The van der Waals surface area contributed by atoms with Gasteiger partial charge in [0.1, 0.15) is 5.75 Å². The topological polar surface area (TPSA) is 32.7 Å². The van der Waals surface area contributed by atoms with Gasteiger partial charge in [0.05, 0.1) is 11.6 Å². The fourth-order valence-corrected chi connectivity index (χ4v) is 5.31. The Bertz CT molecular complexity index is 762. The fraction of sp³-hybridized carbons (Fsp3) is 0.455. The molecule has 3 nitrogen and oxygen atoms in total. The number of likely N-dealkylation sites (tertiary alicyclic amines) is 1. The smallest absolute Gasteiger partial charge is 0.153 e. The van der Waals surface area contributed by atoms with Crippen LogP contribution >= 0.6 is 11.8 Å². The van der Waals surface area contributed by atoms with Crippen LogP contribution in [-0.2, 0) is 6.42 Å². The Labute approximate surface area is 160 Å². The first-order valence-corrected chi connectivity index (χ1v) is 10.3. The van der Waals surface area contributed by atoms with Crippen molar-refractivity contribution in [2.75, 3.05) is 6.73 Å². The van der Waals surface area contributed by atoms with Crippen molar-refractivity contribution in [3.8, 4) is 5.75 Å². The van der Waals surface area contributed by atoms with Crippen molar-refractivity contribution in [2.24, 2.45) is 0 Å². The number of fused-ring (bicyclic) bond motifs is 1. The lowest BCUT2D eigenvalue weighted by atomic mass is 10.0. The SMILES string of the molecule is CC1(C)Oc2ccc(C3CCC(CCc4ccccc4)N3CO)cc2S1. The van der Waals surface area contributed by atoms with E-state index in [1.54, 1.807) is 11.8 Å². The highest BCUT2D eigenvalue weighted by atomic mass is 32.2. The molecule has 26 heavy (non-hydrogen) atoms. The Morgan fingerprint density at radius 1 is 1.15 bits per heavy atom. The van der Waals surface area contributed by atoms with Crippen molar-refractivity contribution >= 4 is 11.8 Å². The van der Waals surface area contributed by atoms with Gasteiger partial charge in [-0.15, -0.1) is 0 Å². The molecule has 4 rings (SSSR count). The zero-order valence-corrected chi connectivity index (χ0v) is 16.3. The first-order chi connectivity index (χ1) is 12.6. The maximum Gasteiger partial charge on any atom is 0.153 e. The van der Waals surface area contributed by atoms with Crippen LogP contribution in [0, 0.1) is 0 Å². The van der Waals surface area contributed by atoms with Crippen molar-refractivity contribution in [1.82, 2.24) is 4.90 Å². The van der Waals surface area contributed by atoms with E-state index in [4.69, 9.17) is 4.74 Å². The van der Waals surface area contributed by atoms with Gasteiger partial charge in [-0.3, -0.25) is 4.90 Å².